The second-order valence-electron chi connectivity index (χ2n) is 3.18. The van der Waals surface area contributed by atoms with Crippen molar-refractivity contribution >= 4 is 18.4 Å². The van der Waals surface area contributed by atoms with Crippen molar-refractivity contribution in [3.05, 3.63) is 35.9 Å². The molecule has 0 fully saturated rings. The molecule has 4 nitrogen and oxygen atoms in total. The van der Waals surface area contributed by atoms with Crippen molar-refractivity contribution in [3.8, 4) is 0 Å². The molecular formula is C11H16ClNO3. The van der Waals surface area contributed by atoms with Gasteiger partial charge in [0.2, 0.25) is 0 Å². The molecule has 0 radical (unpaired) electrons. The van der Waals surface area contributed by atoms with E-state index in [2.05, 4.69) is 5.32 Å². The number of hydrogen-bond donors (Lipinski definition) is 2. The fourth-order valence-electron chi connectivity index (χ4n) is 1.15. The largest absolute Gasteiger partial charge is 0.480 e. The van der Waals surface area contributed by atoms with Gasteiger partial charge in [-0.15, -0.1) is 12.4 Å². The van der Waals surface area contributed by atoms with Crippen molar-refractivity contribution < 1.29 is 14.6 Å². The lowest BCUT2D eigenvalue weighted by Crippen LogP contribution is -2.37. The number of likely N-dealkylation sites (N-methyl/N-ethyl adjacent to an activating group) is 1. The van der Waals surface area contributed by atoms with Crippen LogP contribution in [0.4, 0.5) is 0 Å². The molecule has 0 spiro atoms. The number of carboxylic acids is 1. The van der Waals surface area contributed by atoms with E-state index in [-0.39, 0.29) is 19.0 Å². The van der Waals surface area contributed by atoms with E-state index in [0.717, 1.165) is 5.56 Å². The van der Waals surface area contributed by atoms with E-state index in [1.54, 1.807) is 7.05 Å². The summed E-state index contributed by atoms with van der Waals surface area (Å²) in [4.78, 5) is 10.6. The van der Waals surface area contributed by atoms with Crippen molar-refractivity contribution in [2.75, 3.05) is 13.7 Å². The van der Waals surface area contributed by atoms with Crippen LogP contribution in [0.5, 0.6) is 0 Å². The lowest BCUT2D eigenvalue weighted by atomic mass is 10.2. The number of rotatable bonds is 6. The molecule has 1 aromatic carbocycles. The Hall–Kier alpha value is -1.10. The first-order chi connectivity index (χ1) is 7.24. The van der Waals surface area contributed by atoms with Gasteiger partial charge >= 0.3 is 5.97 Å². The first-order valence-corrected chi connectivity index (χ1v) is 4.75. The maximum absolute atomic E-state index is 10.6. The van der Waals surface area contributed by atoms with Crippen molar-refractivity contribution in [2.45, 2.75) is 12.6 Å². The zero-order valence-corrected chi connectivity index (χ0v) is 9.87. The van der Waals surface area contributed by atoms with Crippen LogP contribution < -0.4 is 5.32 Å². The maximum atomic E-state index is 10.6. The molecule has 0 amide bonds. The Morgan fingerprint density at radius 2 is 2.06 bits per heavy atom. The third kappa shape index (κ3) is 5.11. The third-order valence-electron chi connectivity index (χ3n) is 2.04. The number of aliphatic carboxylic acids is 1. The monoisotopic (exact) mass is 245 g/mol. The van der Waals surface area contributed by atoms with E-state index in [1.165, 1.54) is 0 Å². The first-order valence-electron chi connectivity index (χ1n) is 4.75. The molecule has 5 heteroatoms. The summed E-state index contributed by atoms with van der Waals surface area (Å²) >= 11 is 0. The highest BCUT2D eigenvalue weighted by molar-refractivity contribution is 5.85. The van der Waals surface area contributed by atoms with E-state index in [9.17, 15) is 4.79 Å². The van der Waals surface area contributed by atoms with Crippen LogP contribution >= 0.6 is 12.4 Å². The Labute approximate surface area is 101 Å². The van der Waals surface area contributed by atoms with Crippen LogP contribution in [0.15, 0.2) is 30.3 Å². The molecule has 1 unspecified atom stereocenters. The number of hydrogen-bond acceptors (Lipinski definition) is 3. The van der Waals surface area contributed by atoms with Crippen LogP contribution in [0, 0.1) is 0 Å². The predicted octanol–water partition coefficient (Wildman–Crippen LogP) is 1.30. The van der Waals surface area contributed by atoms with Crippen LogP contribution in [-0.2, 0) is 16.1 Å². The summed E-state index contributed by atoms with van der Waals surface area (Å²) in [5, 5.41) is 11.4. The SMILES string of the molecule is CNC(COCc1ccccc1)C(=O)O.Cl. The topological polar surface area (TPSA) is 58.6 Å². The molecule has 1 aromatic rings. The summed E-state index contributed by atoms with van der Waals surface area (Å²) in [6, 6.07) is 9.01. The molecule has 1 rings (SSSR count). The van der Waals surface area contributed by atoms with Crippen molar-refractivity contribution in [3.63, 3.8) is 0 Å². The number of ether oxygens (including phenoxy) is 1. The van der Waals surface area contributed by atoms with Gasteiger partial charge in [-0.25, -0.2) is 0 Å². The summed E-state index contributed by atoms with van der Waals surface area (Å²) in [6.07, 6.45) is 0. The van der Waals surface area contributed by atoms with E-state index >= 15 is 0 Å². The normalized spacial score (nSPS) is 11.6. The molecule has 1 atom stereocenters. The summed E-state index contributed by atoms with van der Waals surface area (Å²) in [7, 11) is 1.60. The maximum Gasteiger partial charge on any atom is 0.323 e. The lowest BCUT2D eigenvalue weighted by Gasteiger charge is -2.11. The second kappa shape index (κ2) is 8.10. The van der Waals surface area contributed by atoms with Crippen LogP contribution in [-0.4, -0.2) is 30.8 Å². The molecule has 0 heterocycles. The number of halogens is 1. The predicted molar refractivity (Wildman–Crippen MR) is 63.8 cm³/mol. The van der Waals surface area contributed by atoms with Crippen LogP contribution in [0.2, 0.25) is 0 Å². The van der Waals surface area contributed by atoms with E-state index in [1.807, 2.05) is 30.3 Å². The summed E-state index contributed by atoms with van der Waals surface area (Å²) in [5.74, 6) is -0.898. The Balaban J connectivity index is 0.00000225. The van der Waals surface area contributed by atoms with Gasteiger partial charge in [0.15, 0.2) is 0 Å². The van der Waals surface area contributed by atoms with Crippen LogP contribution in [0.25, 0.3) is 0 Å². The van der Waals surface area contributed by atoms with Gasteiger partial charge in [0.1, 0.15) is 6.04 Å². The van der Waals surface area contributed by atoms with Crippen molar-refractivity contribution in [1.82, 2.24) is 5.32 Å². The summed E-state index contributed by atoms with van der Waals surface area (Å²) in [5.41, 5.74) is 1.04. The highest BCUT2D eigenvalue weighted by Crippen LogP contribution is 2.00. The minimum Gasteiger partial charge on any atom is -0.480 e. The summed E-state index contributed by atoms with van der Waals surface area (Å²) < 4.78 is 5.29. The molecule has 0 aliphatic carbocycles. The van der Waals surface area contributed by atoms with Gasteiger partial charge in [-0.2, -0.15) is 0 Å². The summed E-state index contributed by atoms with van der Waals surface area (Å²) in [6.45, 7) is 0.604. The Bertz CT molecular complexity index is 305. The average molecular weight is 246 g/mol. The van der Waals surface area contributed by atoms with Crippen molar-refractivity contribution in [2.24, 2.45) is 0 Å². The molecule has 0 saturated carbocycles. The Morgan fingerprint density at radius 1 is 1.44 bits per heavy atom. The van der Waals surface area contributed by atoms with Gasteiger partial charge in [0.05, 0.1) is 13.2 Å². The number of carboxylic acid groups (broad SMARTS) is 1. The molecule has 16 heavy (non-hydrogen) atoms. The van der Waals surface area contributed by atoms with Crippen LogP contribution in [0.1, 0.15) is 5.56 Å². The first kappa shape index (κ1) is 14.9. The number of benzene rings is 1. The van der Waals surface area contributed by atoms with E-state index in [0.29, 0.717) is 6.61 Å². The molecule has 90 valence electrons. The molecule has 0 saturated heterocycles. The average Bonchev–Trinajstić information content (AvgIpc) is 2.25. The number of nitrogens with one attached hydrogen (secondary N) is 1. The van der Waals surface area contributed by atoms with Gasteiger partial charge in [-0.3, -0.25) is 4.79 Å². The molecule has 0 aliphatic rings. The van der Waals surface area contributed by atoms with Gasteiger partial charge < -0.3 is 15.2 Å². The van der Waals surface area contributed by atoms with Crippen molar-refractivity contribution in [1.29, 1.82) is 0 Å². The Kier molecular flexibility index (Phi) is 7.54. The zero-order chi connectivity index (χ0) is 11.1. The van der Waals surface area contributed by atoms with Gasteiger partial charge in [0.25, 0.3) is 0 Å². The second-order valence-corrected chi connectivity index (χ2v) is 3.18. The number of carbonyl (C=O) groups is 1. The fourth-order valence-corrected chi connectivity index (χ4v) is 1.15. The smallest absolute Gasteiger partial charge is 0.323 e. The van der Waals surface area contributed by atoms with Crippen LogP contribution in [0.3, 0.4) is 0 Å². The minimum absolute atomic E-state index is 0. The fraction of sp³-hybridized carbons (Fsp3) is 0.364. The molecular weight excluding hydrogens is 230 g/mol. The van der Waals surface area contributed by atoms with E-state index in [4.69, 9.17) is 9.84 Å². The molecule has 0 aromatic heterocycles. The quantitative estimate of drug-likeness (QED) is 0.793. The van der Waals surface area contributed by atoms with Gasteiger partial charge in [-0.1, -0.05) is 30.3 Å². The van der Waals surface area contributed by atoms with Gasteiger partial charge in [0, 0.05) is 0 Å². The highest BCUT2D eigenvalue weighted by atomic mass is 35.5. The minimum atomic E-state index is -0.898. The standard InChI is InChI=1S/C11H15NO3.ClH/c1-12-10(11(13)14)8-15-7-9-5-3-2-4-6-9;/h2-6,10,12H,7-8H2,1H3,(H,13,14);1H. The highest BCUT2D eigenvalue weighted by Gasteiger charge is 2.14. The van der Waals surface area contributed by atoms with E-state index < -0.39 is 12.0 Å². The molecule has 0 bridgehead atoms. The third-order valence-corrected chi connectivity index (χ3v) is 2.04. The molecule has 2 N–H and O–H groups in total. The zero-order valence-electron chi connectivity index (χ0n) is 9.05. The Morgan fingerprint density at radius 3 is 2.56 bits per heavy atom. The molecule has 0 aliphatic heterocycles. The van der Waals surface area contributed by atoms with Gasteiger partial charge in [-0.05, 0) is 12.6 Å². The lowest BCUT2D eigenvalue weighted by molar-refractivity contribution is -0.141.